The highest BCUT2D eigenvalue weighted by molar-refractivity contribution is 6.05. The van der Waals surface area contributed by atoms with Gasteiger partial charge in [-0.3, -0.25) is 14.4 Å². The molecule has 2 aliphatic heterocycles. The lowest BCUT2D eigenvalue weighted by Crippen LogP contribution is -2.51. The summed E-state index contributed by atoms with van der Waals surface area (Å²) >= 11 is 0. The van der Waals surface area contributed by atoms with Gasteiger partial charge in [-0.2, -0.15) is 8.78 Å². The maximum absolute atomic E-state index is 13.6. The first kappa shape index (κ1) is 32.0. The molecule has 45 heavy (non-hydrogen) atoms. The van der Waals surface area contributed by atoms with Crippen molar-refractivity contribution in [2.45, 2.75) is 45.2 Å². The summed E-state index contributed by atoms with van der Waals surface area (Å²) in [5.74, 6) is -1.04. The number of halogens is 3. The molecule has 11 nitrogen and oxygen atoms in total. The van der Waals surface area contributed by atoms with Crippen molar-refractivity contribution < 1.29 is 32.2 Å². The zero-order chi connectivity index (χ0) is 32.1. The van der Waals surface area contributed by atoms with Crippen LogP contribution < -0.4 is 26.2 Å². The fraction of sp³-hybridized carbons (Fsp3) is 0.419. The third kappa shape index (κ3) is 7.81. The van der Waals surface area contributed by atoms with E-state index < -0.39 is 30.2 Å². The highest BCUT2D eigenvalue weighted by Gasteiger charge is 2.32. The number of rotatable bonds is 12. The molecule has 3 N–H and O–H groups in total. The Hall–Kier alpha value is -4.43. The number of amides is 2. The van der Waals surface area contributed by atoms with E-state index in [0.717, 1.165) is 25.0 Å². The normalized spacial score (nSPS) is 16.5. The summed E-state index contributed by atoms with van der Waals surface area (Å²) in [5, 5.41) is 9.06. The molecule has 0 spiro atoms. The van der Waals surface area contributed by atoms with Crippen molar-refractivity contribution in [2.24, 2.45) is 7.05 Å². The molecule has 0 aliphatic carbocycles. The SMILES string of the molecule is CCNc1cc(-c2ccc(OC(F)F)cc2C(=O)N2CC(F)C2)cc(NC(=O)c2cc(CNCC3CCCO3)cn(C)c2=O)n1. The lowest BCUT2D eigenvalue weighted by Gasteiger charge is -2.34. The van der Waals surface area contributed by atoms with Crippen LogP contribution in [0.25, 0.3) is 11.1 Å². The molecule has 1 unspecified atom stereocenters. The maximum Gasteiger partial charge on any atom is 0.387 e. The number of nitrogens with zero attached hydrogens (tertiary/aromatic N) is 3. The quantitative estimate of drug-likeness (QED) is 0.277. The molecule has 0 bridgehead atoms. The Morgan fingerprint density at radius 2 is 1.91 bits per heavy atom. The predicted octanol–water partition coefficient (Wildman–Crippen LogP) is 3.80. The summed E-state index contributed by atoms with van der Waals surface area (Å²) in [6.45, 7) is 0.808. The van der Waals surface area contributed by atoms with Gasteiger partial charge < -0.3 is 34.9 Å². The number of aromatic nitrogens is 2. The first-order valence-corrected chi connectivity index (χ1v) is 14.7. The van der Waals surface area contributed by atoms with Crippen LogP contribution in [0.15, 0.2) is 47.4 Å². The van der Waals surface area contributed by atoms with Crippen LogP contribution in [-0.2, 0) is 18.3 Å². The minimum absolute atomic E-state index is 0.0167. The number of benzene rings is 1. The van der Waals surface area contributed by atoms with Crippen LogP contribution in [0.4, 0.5) is 24.8 Å². The first-order valence-electron chi connectivity index (χ1n) is 14.7. The van der Waals surface area contributed by atoms with Gasteiger partial charge >= 0.3 is 6.61 Å². The van der Waals surface area contributed by atoms with Crippen molar-refractivity contribution in [1.29, 1.82) is 0 Å². The van der Waals surface area contributed by atoms with Crippen molar-refractivity contribution in [2.75, 3.05) is 43.4 Å². The lowest BCUT2D eigenvalue weighted by molar-refractivity contribution is -0.0499. The molecule has 3 aromatic rings. The van der Waals surface area contributed by atoms with Crippen LogP contribution in [0.5, 0.6) is 5.75 Å². The maximum atomic E-state index is 13.6. The van der Waals surface area contributed by atoms with Crippen LogP contribution in [0.2, 0.25) is 0 Å². The fourth-order valence-electron chi connectivity index (χ4n) is 5.32. The molecular formula is C31H35F3N6O5. The van der Waals surface area contributed by atoms with Gasteiger partial charge in [-0.15, -0.1) is 0 Å². The number of hydrogen-bond acceptors (Lipinski definition) is 8. The number of hydrogen-bond donors (Lipinski definition) is 3. The number of alkyl halides is 3. The van der Waals surface area contributed by atoms with Crippen LogP contribution in [-0.4, -0.2) is 77.9 Å². The van der Waals surface area contributed by atoms with E-state index in [2.05, 4.69) is 25.7 Å². The Balaban J connectivity index is 1.43. The zero-order valence-corrected chi connectivity index (χ0v) is 24.9. The van der Waals surface area contributed by atoms with E-state index in [9.17, 15) is 27.6 Å². The largest absolute Gasteiger partial charge is 0.435 e. The summed E-state index contributed by atoms with van der Waals surface area (Å²) in [6, 6.07) is 8.58. The average Bonchev–Trinajstić information content (AvgIpc) is 3.50. The van der Waals surface area contributed by atoms with Gasteiger partial charge in [0.1, 0.15) is 29.1 Å². The Morgan fingerprint density at radius 3 is 2.60 bits per heavy atom. The van der Waals surface area contributed by atoms with E-state index >= 15 is 0 Å². The van der Waals surface area contributed by atoms with E-state index in [1.54, 1.807) is 19.3 Å². The third-order valence-electron chi connectivity index (χ3n) is 7.52. The molecule has 2 aliphatic rings. The summed E-state index contributed by atoms with van der Waals surface area (Å²) in [7, 11) is 1.56. The van der Waals surface area contributed by atoms with Crippen molar-refractivity contribution in [3.8, 4) is 16.9 Å². The van der Waals surface area contributed by atoms with Crippen LogP contribution in [0.3, 0.4) is 0 Å². The molecule has 0 saturated carbocycles. The molecular weight excluding hydrogens is 593 g/mol. The van der Waals surface area contributed by atoms with Gasteiger partial charge in [0.05, 0.1) is 24.8 Å². The molecule has 1 aromatic carbocycles. The molecule has 240 valence electrons. The molecule has 2 fully saturated rings. The number of anilines is 2. The monoisotopic (exact) mass is 628 g/mol. The first-order chi connectivity index (χ1) is 21.6. The van der Waals surface area contributed by atoms with Gasteiger partial charge in [0.25, 0.3) is 17.4 Å². The highest BCUT2D eigenvalue weighted by atomic mass is 19.3. The second kappa shape index (κ2) is 14.1. The molecule has 2 saturated heterocycles. The Morgan fingerprint density at radius 1 is 1.13 bits per heavy atom. The third-order valence-corrected chi connectivity index (χ3v) is 7.52. The fourth-order valence-corrected chi connectivity index (χ4v) is 5.32. The summed E-state index contributed by atoms with van der Waals surface area (Å²) < 4.78 is 51.0. The van der Waals surface area contributed by atoms with Crippen molar-refractivity contribution in [3.63, 3.8) is 0 Å². The Bertz CT molecular complexity index is 1610. The summed E-state index contributed by atoms with van der Waals surface area (Å²) in [4.78, 5) is 45.3. The number of likely N-dealkylation sites (tertiary alicyclic amines) is 1. The van der Waals surface area contributed by atoms with Gasteiger partial charge in [0.15, 0.2) is 0 Å². The molecule has 1 atom stereocenters. The molecule has 2 aromatic heterocycles. The Kier molecular flexibility index (Phi) is 10.0. The second-order valence-corrected chi connectivity index (χ2v) is 10.9. The van der Waals surface area contributed by atoms with Gasteiger partial charge in [0, 0.05) is 39.5 Å². The van der Waals surface area contributed by atoms with Crippen LogP contribution in [0, 0.1) is 0 Å². The standard InChI is InChI=1S/C31H35F3N6O5/c1-3-36-26-10-19(23-7-6-21(45-31(33)34)12-24(23)30(43)40-16-20(32)17-40)11-27(37-26)38-28(41)25-9-18(15-39(2)29(25)42)13-35-14-22-5-4-8-44-22/h6-7,9-12,15,20,22,31,35H,3-5,8,13-14,16-17H2,1-2H3,(H2,36,37,38,41). The second-order valence-electron chi connectivity index (χ2n) is 10.9. The molecule has 4 heterocycles. The summed E-state index contributed by atoms with van der Waals surface area (Å²) in [5.41, 5.74) is 0.904. The molecule has 5 rings (SSSR count). The predicted molar refractivity (Wildman–Crippen MR) is 162 cm³/mol. The molecule has 2 amide bonds. The van der Waals surface area contributed by atoms with Crippen molar-refractivity contribution in [3.05, 3.63) is 69.6 Å². The van der Waals surface area contributed by atoms with E-state index in [1.165, 1.54) is 39.8 Å². The van der Waals surface area contributed by atoms with Gasteiger partial charge in [0.2, 0.25) is 0 Å². The van der Waals surface area contributed by atoms with Gasteiger partial charge in [-0.05, 0) is 72.9 Å². The van der Waals surface area contributed by atoms with Crippen LogP contribution in [0.1, 0.15) is 46.0 Å². The number of nitrogens with one attached hydrogen (secondary N) is 3. The van der Waals surface area contributed by atoms with Crippen molar-refractivity contribution >= 4 is 23.5 Å². The van der Waals surface area contributed by atoms with E-state index in [-0.39, 0.29) is 41.9 Å². The summed E-state index contributed by atoms with van der Waals surface area (Å²) in [6.07, 6.45) is 2.64. The average molecular weight is 629 g/mol. The van der Waals surface area contributed by atoms with Crippen molar-refractivity contribution in [1.82, 2.24) is 19.8 Å². The smallest absolute Gasteiger partial charge is 0.387 e. The van der Waals surface area contributed by atoms with Gasteiger partial charge in [-0.1, -0.05) is 0 Å². The lowest BCUT2D eigenvalue weighted by atomic mass is 9.97. The minimum atomic E-state index is -3.11. The molecule has 14 heteroatoms. The topological polar surface area (TPSA) is 127 Å². The van der Waals surface area contributed by atoms with Gasteiger partial charge in [-0.25, -0.2) is 9.37 Å². The van der Waals surface area contributed by atoms with E-state index in [4.69, 9.17) is 4.74 Å². The highest BCUT2D eigenvalue weighted by Crippen LogP contribution is 2.33. The number of aryl methyl sites for hydroxylation is 1. The van der Waals surface area contributed by atoms with E-state index in [1.807, 2.05) is 6.92 Å². The Labute approximate surface area is 257 Å². The number of pyridine rings is 2. The number of ether oxygens (including phenoxy) is 2. The number of carbonyl (C=O) groups is 2. The van der Waals surface area contributed by atoms with E-state index in [0.29, 0.717) is 36.6 Å². The van der Waals surface area contributed by atoms with Crippen LogP contribution >= 0.6 is 0 Å². The zero-order valence-electron chi connectivity index (χ0n) is 24.9. The molecule has 0 radical (unpaired) electrons. The minimum Gasteiger partial charge on any atom is -0.435 e. The number of carbonyl (C=O) groups excluding carboxylic acids is 2.